The second-order valence-corrected chi connectivity index (χ2v) is 4.02. The Labute approximate surface area is 111 Å². The van der Waals surface area contributed by atoms with E-state index in [2.05, 4.69) is 5.32 Å². The fraction of sp³-hybridized carbons (Fsp3) is 0.385. The van der Waals surface area contributed by atoms with Crippen LogP contribution in [0.4, 0.5) is 0 Å². The van der Waals surface area contributed by atoms with Crippen molar-refractivity contribution in [2.24, 2.45) is 0 Å². The summed E-state index contributed by atoms with van der Waals surface area (Å²) in [4.78, 5) is 21.7. The van der Waals surface area contributed by atoms with Gasteiger partial charge in [0.25, 0.3) is 0 Å². The van der Waals surface area contributed by atoms with Gasteiger partial charge in [0, 0.05) is 0 Å². The van der Waals surface area contributed by atoms with Crippen LogP contribution < -0.4 is 10.1 Å². The topological polar surface area (TPSA) is 95.9 Å². The fourth-order valence-electron chi connectivity index (χ4n) is 1.36. The largest absolute Gasteiger partial charge is 0.493 e. The highest BCUT2D eigenvalue weighted by Crippen LogP contribution is 2.15. The quantitative estimate of drug-likeness (QED) is 0.661. The molecule has 6 nitrogen and oxygen atoms in total. The van der Waals surface area contributed by atoms with Crippen molar-refractivity contribution < 1.29 is 24.5 Å². The first kappa shape index (κ1) is 15.0. The van der Waals surface area contributed by atoms with Gasteiger partial charge in [-0.15, -0.1) is 0 Å². The fourth-order valence-corrected chi connectivity index (χ4v) is 1.36. The molecule has 0 radical (unpaired) electrons. The highest BCUT2D eigenvalue weighted by molar-refractivity contribution is 5.78. The van der Waals surface area contributed by atoms with Crippen LogP contribution in [0.5, 0.6) is 5.75 Å². The second-order valence-electron chi connectivity index (χ2n) is 4.02. The van der Waals surface area contributed by atoms with Crippen molar-refractivity contribution in [2.45, 2.75) is 19.4 Å². The molecule has 0 fully saturated rings. The molecule has 3 N–H and O–H groups in total. The number of hydrogen-bond donors (Lipinski definition) is 3. The summed E-state index contributed by atoms with van der Waals surface area (Å²) in [5, 5.41) is 19.7. The summed E-state index contributed by atoms with van der Waals surface area (Å²) in [5.41, 5.74) is 0.976. The van der Waals surface area contributed by atoms with Crippen molar-refractivity contribution >= 4 is 11.9 Å². The number of carbonyl (C=O) groups excluding carboxylic acids is 1. The van der Waals surface area contributed by atoms with Gasteiger partial charge in [0.2, 0.25) is 5.91 Å². The van der Waals surface area contributed by atoms with Crippen LogP contribution in [0.25, 0.3) is 0 Å². The van der Waals surface area contributed by atoms with Gasteiger partial charge in [-0.2, -0.15) is 0 Å². The lowest BCUT2D eigenvalue weighted by Crippen LogP contribution is -2.36. The van der Waals surface area contributed by atoms with Crippen molar-refractivity contribution in [1.82, 2.24) is 5.32 Å². The van der Waals surface area contributed by atoms with Crippen LogP contribution in [0.15, 0.2) is 24.3 Å². The van der Waals surface area contributed by atoms with E-state index in [0.29, 0.717) is 5.75 Å². The molecule has 104 valence electrons. The van der Waals surface area contributed by atoms with Crippen molar-refractivity contribution in [3.8, 4) is 5.75 Å². The predicted molar refractivity (Wildman–Crippen MR) is 67.9 cm³/mol. The van der Waals surface area contributed by atoms with Gasteiger partial charge >= 0.3 is 5.97 Å². The third-order valence-electron chi connectivity index (χ3n) is 2.46. The smallest absolute Gasteiger partial charge is 0.334 e. The second kappa shape index (κ2) is 7.38. The summed E-state index contributed by atoms with van der Waals surface area (Å²) < 4.78 is 5.42. The van der Waals surface area contributed by atoms with E-state index < -0.39 is 12.1 Å². The average Bonchev–Trinajstić information content (AvgIpc) is 2.38. The van der Waals surface area contributed by atoms with E-state index in [-0.39, 0.29) is 25.5 Å². The van der Waals surface area contributed by atoms with E-state index in [1.807, 2.05) is 25.1 Å². The molecule has 1 unspecified atom stereocenters. The first-order valence-corrected chi connectivity index (χ1v) is 5.86. The minimum atomic E-state index is -1.58. The maximum absolute atomic E-state index is 11.4. The van der Waals surface area contributed by atoms with Crippen molar-refractivity contribution in [3.05, 3.63) is 29.8 Å². The van der Waals surface area contributed by atoms with Crippen molar-refractivity contribution in [3.63, 3.8) is 0 Å². The SMILES string of the molecule is Cc1ccccc1OCCC(=O)NCC(O)C(=O)O. The molecule has 19 heavy (non-hydrogen) atoms. The Morgan fingerprint density at radius 2 is 2.05 bits per heavy atom. The number of rotatable bonds is 7. The first-order valence-electron chi connectivity index (χ1n) is 5.86. The number of aliphatic hydroxyl groups is 1. The minimum absolute atomic E-state index is 0.0979. The molecule has 0 bridgehead atoms. The van der Waals surface area contributed by atoms with Crippen LogP contribution in [0.2, 0.25) is 0 Å². The van der Waals surface area contributed by atoms with E-state index in [9.17, 15) is 9.59 Å². The molecule has 0 saturated carbocycles. The highest BCUT2D eigenvalue weighted by atomic mass is 16.5. The van der Waals surface area contributed by atoms with Crippen molar-refractivity contribution in [2.75, 3.05) is 13.2 Å². The minimum Gasteiger partial charge on any atom is -0.493 e. The molecule has 0 aliphatic heterocycles. The molecule has 1 aromatic rings. The van der Waals surface area contributed by atoms with Crippen molar-refractivity contribution in [1.29, 1.82) is 0 Å². The predicted octanol–water partition coefficient (Wildman–Crippen LogP) is 0.326. The summed E-state index contributed by atoms with van der Waals surface area (Å²) >= 11 is 0. The summed E-state index contributed by atoms with van der Waals surface area (Å²) in [5.74, 6) is -1.02. The lowest BCUT2D eigenvalue weighted by Gasteiger charge is -2.10. The molecule has 1 aromatic carbocycles. The Bertz CT molecular complexity index is 446. The average molecular weight is 267 g/mol. The van der Waals surface area contributed by atoms with Gasteiger partial charge in [-0.1, -0.05) is 18.2 Å². The molecular weight excluding hydrogens is 250 g/mol. The zero-order valence-electron chi connectivity index (χ0n) is 10.6. The number of aliphatic hydroxyl groups excluding tert-OH is 1. The number of carboxylic acid groups (broad SMARTS) is 1. The number of aliphatic carboxylic acids is 1. The Morgan fingerprint density at radius 1 is 1.37 bits per heavy atom. The third-order valence-corrected chi connectivity index (χ3v) is 2.46. The molecule has 0 aliphatic rings. The van der Waals surface area contributed by atoms with Gasteiger partial charge < -0.3 is 20.3 Å². The molecule has 0 aliphatic carbocycles. The number of benzene rings is 1. The van der Waals surface area contributed by atoms with Gasteiger partial charge in [-0.05, 0) is 18.6 Å². The maximum Gasteiger partial charge on any atom is 0.334 e. The molecular formula is C13H17NO5. The number of hydrogen-bond acceptors (Lipinski definition) is 4. The molecule has 0 spiro atoms. The van der Waals surface area contributed by atoms with E-state index in [1.165, 1.54) is 0 Å². The van der Waals surface area contributed by atoms with E-state index in [0.717, 1.165) is 5.56 Å². The zero-order chi connectivity index (χ0) is 14.3. The molecule has 1 rings (SSSR count). The van der Waals surface area contributed by atoms with Gasteiger partial charge in [0.1, 0.15) is 5.75 Å². The van der Waals surface area contributed by atoms with Crippen LogP contribution in [0.1, 0.15) is 12.0 Å². The van der Waals surface area contributed by atoms with Crippen LogP contribution in [0, 0.1) is 6.92 Å². The summed E-state index contributed by atoms with van der Waals surface area (Å²) in [7, 11) is 0. The zero-order valence-corrected chi connectivity index (χ0v) is 10.6. The van der Waals surface area contributed by atoms with Gasteiger partial charge in [-0.3, -0.25) is 4.79 Å². The molecule has 0 aromatic heterocycles. The van der Waals surface area contributed by atoms with E-state index in [4.69, 9.17) is 14.9 Å². The van der Waals surface area contributed by atoms with Crippen LogP contribution >= 0.6 is 0 Å². The number of ether oxygens (including phenoxy) is 1. The summed E-state index contributed by atoms with van der Waals surface area (Å²) in [6.07, 6.45) is -1.48. The van der Waals surface area contributed by atoms with Gasteiger partial charge in [-0.25, -0.2) is 4.79 Å². The standard InChI is InChI=1S/C13H17NO5/c1-9-4-2-3-5-11(9)19-7-6-12(16)14-8-10(15)13(17)18/h2-5,10,15H,6-8H2,1H3,(H,14,16)(H,17,18). The lowest BCUT2D eigenvalue weighted by atomic mass is 10.2. The molecule has 1 amide bonds. The van der Waals surface area contributed by atoms with E-state index >= 15 is 0 Å². The number of para-hydroxylation sites is 1. The number of aryl methyl sites for hydroxylation is 1. The normalized spacial score (nSPS) is 11.7. The van der Waals surface area contributed by atoms with E-state index in [1.54, 1.807) is 6.07 Å². The Hall–Kier alpha value is -2.08. The van der Waals surface area contributed by atoms with Gasteiger partial charge in [0.15, 0.2) is 6.10 Å². The molecule has 0 saturated heterocycles. The molecule has 6 heteroatoms. The Morgan fingerprint density at radius 3 is 2.68 bits per heavy atom. The number of carbonyl (C=O) groups is 2. The lowest BCUT2D eigenvalue weighted by molar-refractivity contribution is -0.146. The first-order chi connectivity index (χ1) is 9.00. The maximum atomic E-state index is 11.4. The van der Waals surface area contributed by atoms with Crippen LogP contribution in [-0.4, -0.2) is 41.3 Å². The summed E-state index contributed by atoms with van der Waals surface area (Å²) in [6.45, 7) is 1.79. The number of nitrogens with one attached hydrogen (secondary N) is 1. The van der Waals surface area contributed by atoms with Crippen LogP contribution in [-0.2, 0) is 9.59 Å². The monoisotopic (exact) mass is 267 g/mol. The Balaban J connectivity index is 2.24. The third kappa shape index (κ3) is 5.39. The Kier molecular flexibility index (Phi) is 5.81. The number of amides is 1. The van der Waals surface area contributed by atoms with Gasteiger partial charge in [0.05, 0.1) is 19.6 Å². The molecule has 1 atom stereocenters. The highest BCUT2D eigenvalue weighted by Gasteiger charge is 2.13. The summed E-state index contributed by atoms with van der Waals surface area (Å²) in [6, 6.07) is 7.44. The molecule has 0 heterocycles. The van der Waals surface area contributed by atoms with Crippen LogP contribution in [0.3, 0.4) is 0 Å². The number of carboxylic acids is 1.